The quantitative estimate of drug-likeness (QED) is 0.705. The van der Waals surface area contributed by atoms with Crippen LogP contribution in [0.4, 0.5) is 0 Å². The van der Waals surface area contributed by atoms with Gasteiger partial charge in [-0.05, 0) is 56.6 Å². The van der Waals surface area contributed by atoms with Crippen molar-refractivity contribution in [1.82, 2.24) is 4.57 Å². The standard InChI is InChI=1S/C15H21N/c1-3-6-13-12(4-2)14-8-5-7-11-9-10-15(13)16(11)14/h3,6,11H,4-5,7-10H2,1-2H3. The summed E-state index contributed by atoms with van der Waals surface area (Å²) in [6.45, 7) is 4.44. The van der Waals surface area contributed by atoms with Gasteiger partial charge < -0.3 is 4.57 Å². The Balaban J connectivity index is 2.22. The third kappa shape index (κ3) is 1.24. The molecule has 3 heterocycles. The maximum atomic E-state index is 2.69. The maximum absolute atomic E-state index is 2.69. The Kier molecular flexibility index (Phi) is 2.42. The highest BCUT2D eigenvalue weighted by molar-refractivity contribution is 5.60. The summed E-state index contributed by atoms with van der Waals surface area (Å²) in [5.41, 5.74) is 6.50. The van der Waals surface area contributed by atoms with Crippen LogP contribution >= 0.6 is 0 Å². The second-order valence-electron chi connectivity index (χ2n) is 5.09. The predicted octanol–water partition coefficient (Wildman–Crippen LogP) is 3.91. The van der Waals surface area contributed by atoms with E-state index < -0.39 is 0 Å². The van der Waals surface area contributed by atoms with E-state index in [1.54, 1.807) is 22.5 Å². The van der Waals surface area contributed by atoms with Crippen molar-refractivity contribution in [2.75, 3.05) is 0 Å². The normalized spacial score (nSPS) is 23.0. The van der Waals surface area contributed by atoms with Gasteiger partial charge in [0.15, 0.2) is 0 Å². The summed E-state index contributed by atoms with van der Waals surface area (Å²) < 4.78 is 2.69. The molecule has 2 aliphatic heterocycles. The van der Waals surface area contributed by atoms with Gasteiger partial charge in [-0.15, -0.1) is 0 Å². The van der Waals surface area contributed by atoms with Crippen molar-refractivity contribution < 1.29 is 0 Å². The third-order valence-electron chi connectivity index (χ3n) is 4.28. The molecular weight excluding hydrogens is 194 g/mol. The highest BCUT2D eigenvalue weighted by Gasteiger charge is 2.32. The van der Waals surface area contributed by atoms with Crippen molar-refractivity contribution in [2.45, 2.75) is 58.4 Å². The Morgan fingerprint density at radius 1 is 1.25 bits per heavy atom. The molecule has 0 aromatic carbocycles. The molecule has 2 aliphatic rings. The first-order valence-electron chi connectivity index (χ1n) is 6.74. The lowest BCUT2D eigenvalue weighted by molar-refractivity contribution is 0.419. The first kappa shape index (κ1) is 10.2. The lowest BCUT2D eigenvalue weighted by atomic mass is 9.95. The van der Waals surface area contributed by atoms with Gasteiger partial charge in [-0.1, -0.05) is 19.1 Å². The van der Waals surface area contributed by atoms with E-state index in [0.29, 0.717) is 0 Å². The first-order chi connectivity index (χ1) is 7.86. The number of rotatable bonds is 2. The van der Waals surface area contributed by atoms with E-state index in [1.165, 1.54) is 38.5 Å². The smallest absolute Gasteiger partial charge is 0.0340 e. The van der Waals surface area contributed by atoms with Gasteiger partial charge in [0, 0.05) is 17.4 Å². The summed E-state index contributed by atoms with van der Waals surface area (Å²) in [6.07, 6.45) is 12.5. The van der Waals surface area contributed by atoms with Gasteiger partial charge in [-0.25, -0.2) is 0 Å². The molecule has 1 unspecified atom stereocenters. The van der Waals surface area contributed by atoms with E-state index >= 15 is 0 Å². The van der Waals surface area contributed by atoms with Crippen LogP contribution in [-0.4, -0.2) is 4.57 Å². The molecule has 0 saturated heterocycles. The van der Waals surface area contributed by atoms with Crippen LogP contribution in [0.1, 0.15) is 61.7 Å². The average Bonchev–Trinajstić information content (AvgIpc) is 2.85. The molecule has 0 aliphatic carbocycles. The summed E-state index contributed by atoms with van der Waals surface area (Å²) >= 11 is 0. The fraction of sp³-hybridized carbons (Fsp3) is 0.600. The van der Waals surface area contributed by atoms with Crippen LogP contribution in [0.5, 0.6) is 0 Å². The van der Waals surface area contributed by atoms with Crippen molar-refractivity contribution in [2.24, 2.45) is 0 Å². The molecule has 0 fully saturated rings. The van der Waals surface area contributed by atoms with E-state index in [0.717, 1.165) is 6.04 Å². The zero-order valence-corrected chi connectivity index (χ0v) is 10.4. The molecule has 1 nitrogen and oxygen atoms in total. The molecule has 0 bridgehead atoms. The average molecular weight is 215 g/mol. The van der Waals surface area contributed by atoms with E-state index in [9.17, 15) is 0 Å². The van der Waals surface area contributed by atoms with Gasteiger partial charge in [0.2, 0.25) is 0 Å². The fourth-order valence-corrected chi connectivity index (χ4v) is 3.70. The molecule has 3 rings (SSSR count). The van der Waals surface area contributed by atoms with Crippen LogP contribution in [0, 0.1) is 0 Å². The first-order valence-corrected chi connectivity index (χ1v) is 6.74. The highest BCUT2D eigenvalue weighted by atomic mass is 15.1. The molecule has 86 valence electrons. The number of aromatic nitrogens is 1. The number of allylic oxidation sites excluding steroid dienone is 1. The Morgan fingerprint density at radius 2 is 2.12 bits per heavy atom. The molecule has 16 heavy (non-hydrogen) atoms. The highest BCUT2D eigenvalue weighted by Crippen LogP contribution is 2.42. The van der Waals surface area contributed by atoms with Crippen LogP contribution in [-0.2, 0) is 19.3 Å². The summed E-state index contributed by atoms with van der Waals surface area (Å²) in [5.74, 6) is 0. The Labute approximate surface area is 98.2 Å². The van der Waals surface area contributed by atoms with Gasteiger partial charge in [-0.3, -0.25) is 0 Å². The Morgan fingerprint density at radius 3 is 2.88 bits per heavy atom. The molecular formula is C15H21N. The van der Waals surface area contributed by atoms with Crippen LogP contribution in [0.3, 0.4) is 0 Å². The minimum Gasteiger partial charge on any atom is -0.345 e. The number of hydrogen-bond acceptors (Lipinski definition) is 0. The van der Waals surface area contributed by atoms with Gasteiger partial charge in [0.05, 0.1) is 0 Å². The molecule has 0 amide bonds. The SMILES string of the molecule is CC=Cc1c(CC)c2n3c1CCC3CCC2. The molecule has 1 atom stereocenters. The number of hydrogen-bond donors (Lipinski definition) is 0. The second kappa shape index (κ2) is 3.80. The van der Waals surface area contributed by atoms with Gasteiger partial charge >= 0.3 is 0 Å². The second-order valence-corrected chi connectivity index (χ2v) is 5.09. The molecule has 0 N–H and O–H groups in total. The topological polar surface area (TPSA) is 4.93 Å². The summed E-state index contributed by atoms with van der Waals surface area (Å²) in [7, 11) is 0. The summed E-state index contributed by atoms with van der Waals surface area (Å²) in [4.78, 5) is 0. The lowest BCUT2D eigenvalue weighted by Crippen LogP contribution is -2.14. The van der Waals surface area contributed by atoms with Crippen molar-refractivity contribution in [1.29, 1.82) is 0 Å². The molecule has 0 saturated carbocycles. The van der Waals surface area contributed by atoms with E-state index in [2.05, 4.69) is 30.6 Å². The van der Waals surface area contributed by atoms with Crippen molar-refractivity contribution >= 4 is 6.08 Å². The molecule has 0 spiro atoms. The molecule has 1 aromatic heterocycles. The molecule has 1 heteroatoms. The maximum Gasteiger partial charge on any atom is 0.0340 e. The van der Waals surface area contributed by atoms with Gasteiger partial charge in [0.25, 0.3) is 0 Å². The largest absolute Gasteiger partial charge is 0.345 e. The van der Waals surface area contributed by atoms with Gasteiger partial charge in [0.1, 0.15) is 0 Å². The van der Waals surface area contributed by atoms with E-state index in [4.69, 9.17) is 0 Å². The minimum atomic E-state index is 0.836. The zero-order valence-electron chi connectivity index (χ0n) is 10.4. The van der Waals surface area contributed by atoms with E-state index in [-0.39, 0.29) is 0 Å². The minimum absolute atomic E-state index is 0.836. The van der Waals surface area contributed by atoms with Crippen molar-refractivity contribution in [3.63, 3.8) is 0 Å². The summed E-state index contributed by atoms with van der Waals surface area (Å²) in [5, 5.41) is 0. The van der Waals surface area contributed by atoms with E-state index in [1.807, 2.05) is 0 Å². The Hall–Kier alpha value is -0.980. The monoisotopic (exact) mass is 215 g/mol. The molecule has 1 aromatic rings. The van der Waals surface area contributed by atoms with Crippen LogP contribution in [0.2, 0.25) is 0 Å². The van der Waals surface area contributed by atoms with Crippen molar-refractivity contribution in [3.8, 4) is 0 Å². The Bertz CT molecular complexity index is 433. The lowest BCUT2D eigenvalue weighted by Gasteiger charge is -2.23. The van der Waals surface area contributed by atoms with Crippen LogP contribution in [0.25, 0.3) is 6.08 Å². The zero-order chi connectivity index (χ0) is 11.1. The van der Waals surface area contributed by atoms with Crippen LogP contribution in [0.15, 0.2) is 6.08 Å². The fourth-order valence-electron chi connectivity index (χ4n) is 3.70. The van der Waals surface area contributed by atoms with Crippen molar-refractivity contribution in [3.05, 3.63) is 28.6 Å². The summed E-state index contributed by atoms with van der Waals surface area (Å²) in [6, 6.07) is 0.836. The number of nitrogens with zero attached hydrogens (tertiary/aromatic N) is 1. The molecule has 0 radical (unpaired) electrons. The predicted molar refractivity (Wildman–Crippen MR) is 68.8 cm³/mol. The van der Waals surface area contributed by atoms with Crippen LogP contribution < -0.4 is 0 Å². The third-order valence-corrected chi connectivity index (χ3v) is 4.28. The van der Waals surface area contributed by atoms with Gasteiger partial charge in [-0.2, -0.15) is 0 Å².